The van der Waals surface area contributed by atoms with Crippen molar-refractivity contribution in [2.45, 2.75) is 19.9 Å². The van der Waals surface area contributed by atoms with Crippen molar-refractivity contribution in [3.8, 4) is 11.1 Å². The van der Waals surface area contributed by atoms with Crippen LogP contribution in [0.3, 0.4) is 0 Å². The summed E-state index contributed by atoms with van der Waals surface area (Å²) < 4.78 is 28.8. The van der Waals surface area contributed by atoms with E-state index in [1.807, 2.05) is 6.07 Å². The first-order valence-electron chi connectivity index (χ1n) is 7.49. The average Bonchev–Trinajstić information content (AvgIpc) is 3.15. The fraction of sp³-hybridized carbons (Fsp3) is 0.188. The van der Waals surface area contributed by atoms with Gasteiger partial charge >= 0.3 is 0 Å². The number of aryl methyl sites for hydroxylation is 1. The molecule has 7 nitrogen and oxygen atoms in total. The van der Waals surface area contributed by atoms with Crippen molar-refractivity contribution in [2.24, 2.45) is 4.99 Å². The van der Waals surface area contributed by atoms with Crippen LogP contribution in [0.1, 0.15) is 5.82 Å². The number of halogens is 2. The Bertz CT molecular complexity index is 1100. The number of aromatic nitrogens is 6. The van der Waals surface area contributed by atoms with E-state index in [0.29, 0.717) is 17.0 Å². The van der Waals surface area contributed by atoms with E-state index in [9.17, 15) is 8.78 Å². The standard InChI is InChI=1S/C16H13F2N7/c1-9-22-15-12(24(9)8-14(17)18)5-10(6-20-15)11-3-4-25-13(11)7-21-16(19-2)23-25/h3-7,14H,2,8H2,1H3. The van der Waals surface area contributed by atoms with Crippen molar-refractivity contribution in [2.75, 3.05) is 0 Å². The highest BCUT2D eigenvalue weighted by molar-refractivity contribution is 5.85. The Kier molecular flexibility index (Phi) is 3.48. The summed E-state index contributed by atoms with van der Waals surface area (Å²) in [5, 5.41) is 4.20. The van der Waals surface area contributed by atoms with Gasteiger partial charge in [0, 0.05) is 23.5 Å². The predicted octanol–water partition coefficient (Wildman–Crippen LogP) is 3.05. The number of hydrogen-bond acceptors (Lipinski definition) is 5. The van der Waals surface area contributed by atoms with E-state index in [0.717, 1.165) is 16.6 Å². The maximum Gasteiger partial charge on any atom is 0.266 e. The lowest BCUT2D eigenvalue weighted by atomic mass is 10.1. The summed E-state index contributed by atoms with van der Waals surface area (Å²) in [7, 11) is 0. The van der Waals surface area contributed by atoms with E-state index in [1.54, 1.807) is 36.1 Å². The van der Waals surface area contributed by atoms with Crippen LogP contribution in [0.15, 0.2) is 35.7 Å². The predicted molar refractivity (Wildman–Crippen MR) is 89.5 cm³/mol. The quantitative estimate of drug-likeness (QED) is 0.535. The first-order chi connectivity index (χ1) is 12.1. The van der Waals surface area contributed by atoms with Crippen LogP contribution < -0.4 is 0 Å². The lowest BCUT2D eigenvalue weighted by Crippen LogP contribution is -2.08. The van der Waals surface area contributed by atoms with Crippen LogP contribution in [-0.2, 0) is 6.54 Å². The number of rotatable bonds is 4. The zero-order chi connectivity index (χ0) is 17.6. The van der Waals surface area contributed by atoms with E-state index in [4.69, 9.17) is 0 Å². The van der Waals surface area contributed by atoms with Crippen molar-refractivity contribution in [3.05, 3.63) is 36.5 Å². The third kappa shape index (κ3) is 2.53. The minimum absolute atomic E-state index is 0.272. The fourth-order valence-corrected chi connectivity index (χ4v) is 2.84. The molecule has 0 aliphatic rings. The molecule has 0 radical (unpaired) electrons. The van der Waals surface area contributed by atoms with Gasteiger partial charge in [-0.25, -0.2) is 33.2 Å². The van der Waals surface area contributed by atoms with Gasteiger partial charge in [-0.2, -0.15) is 0 Å². The summed E-state index contributed by atoms with van der Waals surface area (Å²) in [6.07, 6.45) is 2.61. The highest BCUT2D eigenvalue weighted by atomic mass is 19.3. The van der Waals surface area contributed by atoms with Crippen LogP contribution in [-0.4, -0.2) is 42.3 Å². The van der Waals surface area contributed by atoms with Gasteiger partial charge in [0.05, 0.1) is 23.8 Å². The molecule has 4 aromatic heterocycles. The number of aliphatic imine (C=N–C) groups is 1. The monoisotopic (exact) mass is 341 g/mol. The van der Waals surface area contributed by atoms with Crippen molar-refractivity contribution >= 4 is 29.3 Å². The summed E-state index contributed by atoms with van der Waals surface area (Å²) in [5.74, 6) is 0.778. The van der Waals surface area contributed by atoms with Gasteiger partial charge in [0.15, 0.2) is 5.65 Å². The average molecular weight is 341 g/mol. The normalized spacial score (nSPS) is 11.7. The molecule has 126 valence electrons. The molecule has 0 unspecified atom stereocenters. The van der Waals surface area contributed by atoms with Gasteiger partial charge in [-0.1, -0.05) is 0 Å². The second kappa shape index (κ2) is 5.69. The molecule has 0 saturated heterocycles. The van der Waals surface area contributed by atoms with E-state index >= 15 is 0 Å². The summed E-state index contributed by atoms with van der Waals surface area (Å²) in [4.78, 5) is 16.4. The minimum atomic E-state index is -2.46. The summed E-state index contributed by atoms with van der Waals surface area (Å²) >= 11 is 0. The van der Waals surface area contributed by atoms with Crippen LogP contribution >= 0.6 is 0 Å². The molecule has 4 aromatic rings. The van der Waals surface area contributed by atoms with Crippen LogP contribution in [0.25, 0.3) is 27.8 Å². The maximum absolute atomic E-state index is 12.9. The summed E-state index contributed by atoms with van der Waals surface area (Å²) in [6.45, 7) is 4.68. The van der Waals surface area contributed by atoms with Crippen LogP contribution in [0.4, 0.5) is 14.7 Å². The first-order valence-corrected chi connectivity index (χ1v) is 7.49. The number of pyridine rings is 1. The van der Waals surface area contributed by atoms with Crippen molar-refractivity contribution in [1.29, 1.82) is 0 Å². The molecule has 25 heavy (non-hydrogen) atoms. The van der Waals surface area contributed by atoms with Crippen LogP contribution in [0.5, 0.6) is 0 Å². The minimum Gasteiger partial charge on any atom is -0.321 e. The number of fused-ring (bicyclic) bond motifs is 2. The van der Waals surface area contributed by atoms with Gasteiger partial charge in [-0.05, 0) is 25.8 Å². The van der Waals surface area contributed by atoms with Crippen molar-refractivity contribution in [1.82, 2.24) is 29.1 Å². The van der Waals surface area contributed by atoms with E-state index in [1.165, 1.54) is 4.57 Å². The number of imidazole rings is 1. The summed E-state index contributed by atoms with van der Waals surface area (Å²) in [5.41, 5.74) is 3.38. The fourth-order valence-electron chi connectivity index (χ4n) is 2.84. The number of alkyl halides is 2. The van der Waals surface area contributed by atoms with Gasteiger partial charge in [0.25, 0.3) is 12.4 Å². The zero-order valence-electron chi connectivity index (χ0n) is 13.3. The molecule has 0 fully saturated rings. The molecular weight excluding hydrogens is 328 g/mol. The zero-order valence-corrected chi connectivity index (χ0v) is 13.3. The Hall–Kier alpha value is -3.23. The van der Waals surface area contributed by atoms with E-state index in [2.05, 4.69) is 31.8 Å². The molecule has 0 spiro atoms. The van der Waals surface area contributed by atoms with Gasteiger partial charge < -0.3 is 4.57 Å². The smallest absolute Gasteiger partial charge is 0.266 e. The van der Waals surface area contributed by atoms with E-state index in [-0.39, 0.29) is 5.95 Å². The Labute approximate surface area is 140 Å². The molecule has 0 aromatic carbocycles. The maximum atomic E-state index is 12.9. The third-order valence-electron chi connectivity index (χ3n) is 3.97. The van der Waals surface area contributed by atoms with Crippen molar-refractivity contribution in [3.63, 3.8) is 0 Å². The van der Waals surface area contributed by atoms with E-state index < -0.39 is 13.0 Å². The van der Waals surface area contributed by atoms with Gasteiger partial charge in [0.2, 0.25) is 0 Å². The lowest BCUT2D eigenvalue weighted by molar-refractivity contribution is 0.127. The second-order valence-electron chi connectivity index (χ2n) is 5.50. The topological polar surface area (TPSA) is 73.3 Å². The SMILES string of the molecule is C=Nc1ncc2c(-c3cnc4nc(C)n(CC(F)F)c4c3)ccn2n1. The highest BCUT2D eigenvalue weighted by Gasteiger charge is 2.15. The first kappa shape index (κ1) is 15.3. The lowest BCUT2D eigenvalue weighted by Gasteiger charge is -2.06. The van der Waals surface area contributed by atoms with Gasteiger partial charge in [-0.15, -0.1) is 5.10 Å². The molecule has 0 saturated carbocycles. The molecule has 0 N–H and O–H groups in total. The Morgan fingerprint density at radius 2 is 2.08 bits per heavy atom. The van der Waals surface area contributed by atoms with Gasteiger partial charge in [0.1, 0.15) is 5.82 Å². The van der Waals surface area contributed by atoms with Gasteiger partial charge in [-0.3, -0.25) is 0 Å². The second-order valence-corrected chi connectivity index (χ2v) is 5.50. The number of nitrogens with zero attached hydrogens (tertiary/aromatic N) is 7. The molecule has 0 atom stereocenters. The molecule has 4 rings (SSSR count). The molecule has 0 bridgehead atoms. The molecular formula is C16H13F2N7. The number of hydrogen-bond donors (Lipinski definition) is 0. The Morgan fingerprint density at radius 1 is 1.24 bits per heavy atom. The molecule has 9 heteroatoms. The largest absolute Gasteiger partial charge is 0.321 e. The molecule has 0 amide bonds. The Balaban J connectivity index is 1.88. The third-order valence-corrected chi connectivity index (χ3v) is 3.97. The molecule has 0 aliphatic heterocycles. The molecule has 4 heterocycles. The van der Waals surface area contributed by atoms with Crippen LogP contribution in [0, 0.1) is 6.92 Å². The highest BCUT2D eigenvalue weighted by Crippen LogP contribution is 2.28. The Morgan fingerprint density at radius 3 is 2.84 bits per heavy atom. The summed E-state index contributed by atoms with van der Waals surface area (Å²) in [6, 6.07) is 3.67. The van der Waals surface area contributed by atoms with Crippen molar-refractivity contribution < 1.29 is 8.78 Å². The van der Waals surface area contributed by atoms with Crippen LogP contribution in [0.2, 0.25) is 0 Å². The molecule has 0 aliphatic carbocycles.